The van der Waals surface area contributed by atoms with Gasteiger partial charge in [-0.25, -0.2) is 0 Å². The molecule has 0 aromatic rings. The normalized spacial score (nSPS) is 31.3. The van der Waals surface area contributed by atoms with Gasteiger partial charge in [0.25, 0.3) is 0 Å². The van der Waals surface area contributed by atoms with Crippen LogP contribution in [0.2, 0.25) is 0 Å². The lowest BCUT2D eigenvalue weighted by atomic mass is 9.59. The van der Waals surface area contributed by atoms with E-state index < -0.39 is 8.25 Å². The molecule has 5 heteroatoms. The van der Waals surface area contributed by atoms with Gasteiger partial charge in [-0.15, -0.1) is 0 Å². The summed E-state index contributed by atoms with van der Waals surface area (Å²) in [7, 11) is -2.57. The van der Waals surface area contributed by atoms with E-state index in [9.17, 15) is 4.57 Å². The third kappa shape index (κ3) is 6.04. The van der Waals surface area contributed by atoms with E-state index in [-0.39, 0.29) is 29.8 Å². The molecule has 0 aliphatic carbocycles. The van der Waals surface area contributed by atoms with Crippen LogP contribution in [0.5, 0.6) is 0 Å². The van der Waals surface area contributed by atoms with Crippen molar-refractivity contribution in [3.8, 4) is 0 Å². The first-order valence-electron chi connectivity index (χ1n) is 11.0. The quantitative estimate of drug-likeness (QED) is 0.358. The molecule has 1 rings (SSSR count). The average molecular weight is 405 g/mol. The van der Waals surface area contributed by atoms with Crippen LogP contribution in [0, 0.1) is 29.1 Å². The Hall–Kier alpha value is 0.110. The van der Waals surface area contributed by atoms with Crippen molar-refractivity contribution in [3.05, 3.63) is 0 Å². The lowest BCUT2D eigenvalue weighted by Gasteiger charge is -2.48. The predicted octanol–water partition coefficient (Wildman–Crippen LogP) is 6.73. The molecule has 0 bridgehead atoms. The number of hydrogen-bond acceptors (Lipinski definition) is 4. The van der Waals surface area contributed by atoms with E-state index in [2.05, 4.69) is 62.3 Å². The van der Waals surface area contributed by atoms with Crippen LogP contribution in [0.1, 0.15) is 88.5 Å². The van der Waals surface area contributed by atoms with Crippen LogP contribution < -0.4 is 0 Å². The molecule has 162 valence electrons. The molecular formula is C22H45O4P. The van der Waals surface area contributed by atoms with Crippen molar-refractivity contribution in [2.75, 3.05) is 0 Å². The van der Waals surface area contributed by atoms with E-state index in [4.69, 9.17) is 13.8 Å². The molecule has 1 aliphatic heterocycles. The summed E-state index contributed by atoms with van der Waals surface area (Å²) < 4.78 is 30.5. The van der Waals surface area contributed by atoms with Crippen LogP contribution in [-0.4, -0.2) is 24.4 Å². The van der Waals surface area contributed by atoms with Gasteiger partial charge in [0.1, 0.15) is 0 Å². The van der Waals surface area contributed by atoms with E-state index in [0.29, 0.717) is 23.7 Å². The molecule has 0 amide bonds. The summed E-state index contributed by atoms with van der Waals surface area (Å²) in [6, 6.07) is 0. The number of hydrogen-bond donors (Lipinski definition) is 0. The van der Waals surface area contributed by atoms with E-state index in [1.54, 1.807) is 0 Å². The molecule has 1 fully saturated rings. The first kappa shape index (κ1) is 25.1. The maximum absolute atomic E-state index is 12.8. The Morgan fingerprint density at radius 3 is 2.19 bits per heavy atom. The van der Waals surface area contributed by atoms with Gasteiger partial charge in [-0.05, 0) is 49.4 Å². The van der Waals surface area contributed by atoms with E-state index in [1.165, 1.54) is 0 Å². The molecule has 27 heavy (non-hydrogen) atoms. The minimum atomic E-state index is -2.57. The third-order valence-corrected chi connectivity index (χ3v) is 8.69. The Bertz CT molecular complexity index is 469. The second-order valence-corrected chi connectivity index (χ2v) is 10.3. The molecule has 0 aromatic heterocycles. The second kappa shape index (κ2) is 10.8. The highest BCUT2D eigenvalue weighted by atomic mass is 31.1. The number of ether oxygens (including phenoxy) is 1. The van der Waals surface area contributed by atoms with Gasteiger partial charge >= 0.3 is 8.25 Å². The molecular weight excluding hydrogens is 359 g/mol. The molecule has 0 saturated carbocycles. The SMILES string of the molecule is CCC(C)C(C)C(C)(C(C)O[PH](=O)O[C@@H]1C[C@H](C)O[C@@H]1CC)C(C)C(C)C. The molecule has 6 unspecified atom stereocenters. The summed E-state index contributed by atoms with van der Waals surface area (Å²) in [4.78, 5) is 0. The van der Waals surface area contributed by atoms with Gasteiger partial charge in [-0.2, -0.15) is 0 Å². The van der Waals surface area contributed by atoms with E-state index in [0.717, 1.165) is 19.3 Å². The Kier molecular flexibility index (Phi) is 10.0. The fourth-order valence-corrected chi connectivity index (χ4v) is 5.76. The van der Waals surface area contributed by atoms with Crippen LogP contribution in [0.4, 0.5) is 0 Å². The van der Waals surface area contributed by atoms with Crippen molar-refractivity contribution < 1.29 is 18.3 Å². The lowest BCUT2D eigenvalue weighted by Crippen LogP contribution is -2.46. The second-order valence-electron chi connectivity index (χ2n) is 9.37. The summed E-state index contributed by atoms with van der Waals surface area (Å²) in [5, 5.41) is 0. The summed E-state index contributed by atoms with van der Waals surface area (Å²) >= 11 is 0. The summed E-state index contributed by atoms with van der Waals surface area (Å²) in [5.41, 5.74) is -0.0725. The Morgan fingerprint density at radius 1 is 1.11 bits per heavy atom. The van der Waals surface area contributed by atoms with Gasteiger partial charge in [0.05, 0.1) is 24.4 Å². The first-order valence-corrected chi connectivity index (χ1v) is 12.2. The zero-order chi connectivity index (χ0) is 20.9. The predicted molar refractivity (Wildman–Crippen MR) is 114 cm³/mol. The van der Waals surface area contributed by atoms with Crippen molar-refractivity contribution >= 4 is 8.25 Å². The van der Waals surface area contributed by atoms with Crippen LogP contribution in [-0.2, 0) is 18.3 Å². The zero-order valence-corrected chi connectivity index (χ0v) is 20.4. The highest BCUT2D eigenvalue weighted by molar-refractivity contribution is 7.33. The van der Waals surface area contributed by atoms with Gasteiger partial charge in [0, 0.05) is 6.42 Å². The lowest BCUT2D eigenvalue weighted by molar-refractivity contribution is -0.0554. The molecule has 1 aliphatic rings. The maximum Gasteiger partial charge on any atom is 0.319 e. The van der Waals surface area contributed by atoms with Crippen molar-refractivity contribution in [2.45, 2.75) is 113 Å². The minimum absolute atomic E-state index is 0.0212. The molecule has 1 heterocycles. The highest BCUT2D eigenvalue weighted by Crippen LogP contribution is 2.50. The molecule has 4 nitrogen and oxygen atoms in total. The smallest absolute Gasteiger partial charge is 0.319 e. The molecule has 9 atom stereocenters. The van der Waals surface area contributed by atoms with Crippen LogP contribution in [0.25, 0.3) is 0 Å². The van der Waals surface area contributed by atoms with Gasteiger partial charge in [-0.1, -0.05) is 61.8 Å². The average Bonchev–Trinajstić information content (AvgIpc) is 2.97. The van der Waals surface area contributed by atoms with Crippen molar-refractivity contribution in [1.82, 2.24) is 0 Å². The molecule has 0 N–H and O–H groups in total. The van der Waals surface area contributed by atoms with Gasteiger partial charge in [0.2, 0.25) is 0 Å². The zero-order valence-electron chi connectivity index (χ0n) is 19.4. The van der Waals surface area contributed by atoms with Crippen molar-refractivity contribution in [3.63, 3.8) is 0 Å². The van der Waals surface area contributed by atoms with Crippen LogP contribution in [0.3, 0.4) is 0 Å². The minimum Gasteiger partial charge on any atom is -0.372 e. The standard InChI is InChI=1S/C22H45O4P/c1-11-15(5)18(8)22(10,17(7)14(3)4)19(9)25-27(23)26-21-13-16(6)24-20(21)12-2/h14-21,27H,11-13H2,1-10H3/t15?,16-,17?,18?,19?,20+,21+,22?/m0/s1. The summed E-state index contributed by atoms with van der Waals surface area (Å²) in [6.45, 7) is 22.2. The maximum atomic E-state index is 12.8. The van der Waals surface area contributed by atoms with Crippen LogP contribution in [0.15, 0.2) is 0 Å². The van der Waals surface area contributed by atoms with Gasteiger partial charge < -0.3 is 13.8 Å². The Morgan fingerprint density at radius 2 is 1.70 bits per heavy atom. The van der Waals surface area contributed by atoms with Crippen molar-refractivity contribution in [2.24, 2.45) is 29.1 Å². The fourth-order valence-electron chi connectivity index (χ4n) is 4.67. The Balaban J connectivity index is 2.89. The Labute approximate surface area is 169 Å². The topological polar surface area (TPSA) is 44.8 Å². The third-order valence-electron chi connectivity index (χ3n) is 7.64. The summed E-state index contributed by atoms with van der Waals surface area (Å²) in [5.74, 6) is 2.02. The van der Waals surface area contributed by atoms with Crippen molar-refractivity contribution in [1.29, 1.82) is 0 Å². The van der Waals surface area contributed by atoms with Crippen LogP contribution >= 0.6 is 8.25 Å². The molecule has 1 saturated heterocycles. The number of rotatable bonds is 11. The largest absolute Gasteiger partial charge is 0.372 e. The highest BCUT2D eigenvalue weighted by Gasteiger charge is 2.45. The van der Waals surface area contributed by atoms with E-state index in [1.807, 2.05) is 6.92 Å². The van der Waals surface area contributed by atoms with Gasteiger partial charge in [-0.3, -0.25) is 4.57 Å². The molecule has 0 spiro atoms. The van der Waals surface area contributed by atoms with E-state index >= 15 is 0 Å². The van der Waals surface area contributed by atoms with Gasteiger partial charge in [0.15, 0.2) is 0 Å². The molecule has 0 radical (unpaired) electrons. The first-order chi connectivity index (χ1) is 12.5. The monoisotopic (exact) mass is 404 g/mol. The molecule has 0 aromatic carbocycles. The fraction of sp³-hybridized carbons (Fsp3) is 1.00. The summed E-state index contributed by atoms with van der Waals surface area (Å²) in [6.07, 6.45) is 2.71.